The number of nitrogens with zero attached hydrogens (tertiary/aromatic N) is 4. The molecule has 0 atom stereocenters. The molecule has 4 rings (SSSR count). The molecule has 0 radical (unpaired) electrons. The molecule has 0 aliphatic carbocycles. The van der Waals surface area contributed by atoms with E-state index in [0.29, 0.717) is 5.82 Å². The van der Waals surface area contributed by atoms with Crippen LogP contribution < -0.4 is 10.5 Å². The first-order valence-corrected chi connectivity index (χ1v) is 8.58. The van der Waals surface area contributed by atoms with E-state index in [0.717, 1.165) is 40.8 Å². The van der Waals surface area contributed by atoms with Crippen molar-refractivity contribution >= 4 is 27.8 Å². The molecule has 0 saturated carbocycles. The summed E-state index contributed by atoms with van der Waals surface area (Å²) in [4.78, 5) is 7.29. The van der Waals surface area contributed by atoms with E-state index in [1.54, 1.807) is 7.11 Å². The van der Waals surface area contributed by atoms with Crippen LogP contribution in [0.15, 0.2) is 24.3 Å². The van der Waals surface area contributed by atoms with Gasteiger partial charge in [0.2, 0.25) is 0 Å². The maximum absolute atomic E-state index is 6.12. The van der Waals surface area contributed by atoms with E-state index < -0.39 is 0 Å². The van der Waals surface area contributed by atoms with Crippen molar-refractivity contribution < 1.29 is 4.74 Å². The maximum atomic E-state index is 6.12. The molecule has 1 saturated heterocycles. The van der Waals surface area contributed by atoms with Crippen molar-refractivity contribution in [1.82, 2.24) is 19.7 Å². The number of fused-ring (bicyclic) bond motifs is 2. The van der Waals surface area contributed by atoms with E-state index in [-0.39, 0.29) is 0 Å². The van der Waals surface area contributed by atoms with Crippen LogP contribution in [0.2, 0.25) is 0 Å². The molecular weight excluding hydrogens is 302 g/mol. The fourth-order valence-corrected chi connectivity index (χ4v) is 3.46. The number of likely N-dealkylation sites (tertiary alicyclic amines) is 1. The number of anilines is 1. The van der Waals surface area contributed by atoms with Gasteiger partial charge in [-0.3, -0.25) is 0 Å². The van der Waals surface area contributed by atoms with Crippen molar-refractivity contribution in [2.45, 2.75) is 25.8 Å². The van der Waals surface area contributed by atoms with Crippen molar-refractivity contribution in [2.75, 3.05) is 32.5 Å². The first kappa shape index (κ1) is 15.2. The first-order valence-electron chi connectivity index (χ1n) is 8.58. The molecule has 1 aliphatic rings. The highest BCUT2D eigenvalue weighted by atomic mass is 16.5. The van der Waals surface area contributed by atoms with E-state index in [1.807, 2.05) is 22.9 Å². The van der Waals surface area contributed by atoms with Crippen molar-refractivity contribution in [2.24, 2.45) is 0 Å². The predicted molar refractivity (Wildman–Crippen MR) is 96.3 cm³/mol. The topological polar surface area (TPSA) is 69.2 Å². The zero-order valence-electron chi connectivity index (χ0n) is 14.0. The van der Waals surface area contributed by atoms with Crippen LogP contribution >= 0.6 is 0 Å². The van der Waals surface area contributed by atoms with Crippen molar-refractivity contribution in [1.29, 1.82) is 0 Å². The minimum Gasteiger partial charge on any atom is -0.497 e. The first-order chi connectivity index (χ1) is 11.7. The molecule has 0 unspecified atom stereocenters. The minimum atomic E-state index is 0.550. The summed E-state index contributed by atoms with van der Waals surface area (Å²) >= 11 is 0. The van der Waals surface area contributed by atoms with Crippen LogP contribution in [0.5, 0.6) is 5.75 Å². The second-order valence-electron chi connectivity index (χ2n) is 6.43. The average molecular weight is 325 g/mol. The van der Waals surface area contributed by atoms with Crippen LogP contribution in [0, 0.1) is 0 Å². The highest BCUT2D eigenvalue weighted by Crippen LogP contribution is 2.26. The van der Waals surface area contributed by atoms with Crippen LogP contribution in [-0.2, 0) is 6.54 Å². The monoisotopic (exact) mass is 325 g/mol. The Morgan fingerprint density at radius 1 is 1.12 bits per heavy atom. The van der Waals surface area contributed by atoms with E-state index in [2.05, 4.69) is 16.1 Å². The SMILES string of the molecule is COc1ccc2cc3c(N)nn(CCN4CCCCC4)c3nc2c1. The summed E-state index contributed by atoms with van der Waals surface area (Å²) in [6.45, 7) is 4.18. The molecule has 3 aromatic rings. The lowest BCUT2D eigenvalue weighted by atomic mass is 10.1. The highest BCUT2D eigenvalue weighted by Gasteiger charge is 2.14. The summed E-state index contributed by atoms with van der Waals surface area (Å²) < 4.78 is 7.25. The number of nitrogen functional groups attached to an aromatic ring is 1. The molecule has 3 heterocycles. The van der Waals surface area contributed by atoms with Gasteiger partial charge in [-0.15, -0.1) is 0 Å². The van der Waals surface area contributed by atoms with Crippen molar-refractivity contribution in [3.8, 4) is 5.75 Å². The second kappa shape index (κ2) is 6.28. The largest absolute Gasteiger partial charge is 0.497 e. The molecule has 2 N–H and O–H groups in total. The van der Waals surface area contributed by atoms with Gasteiger partial charge >= 0.3 is 0 Å². The quantitative estimate of drug-likeness (QED) is 0.798. The Labute approximate surface area is 141 Å². The van der Waals surface area contributed by atoms with E-state index in [1.165, 1.54) is 32.4 Å². The number of nitrogens with two attached hydrogens (primary N) is 1. The van der Waals surface area contributed by atoms with E-state index >= 15 is 0 Å². The van der Waals surface area contributed by atoms with E-state index in [4.69, 9.17) is 15.5 Å². The lowest BCUT2D eigenvalue weighted by molar-refractivity contribution is 0.219. The third-order valence-electron chi connectivity index (χ3n) is 4.83. The predicted octanol–water partition coefficient (Wildman–Crippen LogP) is 2.66. The maximum Gasteiger partial charge on any atom is 0.160 e. The average Bonchev–Trinajstić information content (AvgIpc) is 2.93. The third-order valence-corrected chi connectivity index (χ3v) is 4.83. The normalized spacial score (nSPS) is 16.0. The molecule has 2 aromatic heterocycles. The van der Waals surface area contributed by atoms with Crippen LogP contribution in [0.1, 0.15) is 19.3 Å². The van der Waals surface area contributed by atoms with Crippen LogP contribution in [0.4, 0.5) is 5.82 Å². The van der Waals surface area contributed by atoms with Gasteiger partial charge in [0.05, 0.1) is 24.6 Å². The van der Waals surface area contributed by atoms with Gasteiger partial charge in [0, 0.05) is 18.0 Å². The number of hydrogen-bond donors (Lipinski definition) is 1. The minimum absolute atomic E-state index is 0.550. The lowest BCUT2D eigenvalue weighted by Crippen LogP contribution is -2.32. The summed E-state index contributed by atoms with van der Waals surface area (Å²) in [5.41, 5.74) is 7.88. The molecule has 126 valence electrons. The fraction of sp³-hybridized carbons (Fsp3) is 0.444. The van der Waals surface area contributed by atoms with Crippen LogP contribution in [-0.4, -0.2) is 46.4 Å². The second-order valence-corrected chi connectivity index (χ2v) is 6.43. The van der Waals surface area contributed by atoms with Gasteiger partial charge in [-0.2, -0.15) is 5.10 Å². The van der Waals surface area contributed by atoms with Gasteiger partial charge in [0.25, 0.3) is 0 Å². The number of ether oxygens (including phenoxy) is 1. The summed E-state index contributed by atoms with van der Waals surface area (Å²) in [5, 5.41) is 6.48. The molecule has 0 spiro atoms. The third kappa shape index (κ3) is 2.78. The van der Waals surface area contributed by atoms with Gasteiger partial charge in [-0.1, -0.05) is 6.42 Å². The highest BCUT2D eigenvalue weighted by molar-refractivity contribution is 5.96. The number of pyridine rings is 1. The van der Waals surface area contributed by atoms with Gasteiger partial charge in [0.15, 0.2) is 11.5 Å². The Morgan fingerprint density at radius 2 is 1.96 bits per heavy atom. The van der Waals surface area contributed by atoms with Crippen LogP contribution in [0.25, 0.3) is 21.9 Å². The van der Waals surface area contributed by atoms with Gasteiger partial charge in [-0.05, 0) is 44.1 Å². The smallest absolute Gasteiger partial charge is 0.160 e. The Morgan fingerprint density at radius 3 is 2.75 bits per heavy atom. The summed E-state index contributed by atoms with van der Waals surface area (Å²) in [6, 6.07) is 7.96. The molecule has 6 nitrogen and oxygen atoms in total. The van der Waals surface area contributed by atoms with E-state index in [9.17, 15) is 0 Å². The molecule has 0 amide bonds. The molecule has 24 heavy (non-hydrogen) atoms. The van der Waals surface area contributed by atoms with Crippen molar-refractivity contribution in [3.63, 3.8) is 0 Å². The Kier molecular flexibility index (Phi) is 3.98. The fourth-order valence-electron chi connectivity index (χ4n) is 3.46. The number of aromatic nitrogens is 3. The number of benzene rings is 1. The molecule has 1 aliphatic heterocycles. The summed E-state index contributed by atoms with van der Waals surface area (Å²) in [7, 11) is 1.67. The number of rotatable bonds is 4. The number of hydrogen-bond acceptors (Lipinski definition) is 5. The molecule has 6 heteroatoms. The Hall–Kier alpha value is -2.34. The van der Waals surface area contributed by atoms with Gasteiger partial charge in [0.1, 0.15) is 5.75 Å². The Bertz CT molecular complexity index is 867. The van der Waals surface area contributed by atoms with Gasteiger partial charge in [-0.25, -0.2) is 9.67 Å². The zero-order chi connectivity index (χ0) is 16.5. The Balaban J connectivity index is 1.68. The standard InChI is InChI=1S/C18H23N5O/c1-24-14-6-5-13-11-15-17(19)21-23(18(15)20-16(13)12-14)10-9-22-7-3-2-4-8-22/h5-6,11-12H,2-4,7-10H2,1H3,(H2,19,21). The van der Waals surface area contributed by atoms with Gasteiger partial charge < -0.3 is 15.4 Å². The zero-order valence-corrected chi connectivity index (χ0v) is 14.0. The van der Waals surface area contributed by atoms with Crippen molar-refractivity contribution in [3.05, 3.63) is 24.3 Å². The molecular formula is C18H23N5O. The molecule has 0 bridgehead atoms. The molecule has 1 fully saturated rings. The summed E-state index contributed by atoms with van der Waals surface area (Å²) in [6.07, 6.45) is 3.94. The summed E-state index contributed by atoms with van der Waals surface area (Å²) in [5.74, 6) is 1.36. The number of piperidine rings is 1. The molecule has 1 aromatic carbocycles. The lowest BCUT2D eigenvalue weighted by Gasteiger charge is -2.26. The van der Waals surface area contributed by atoms with Crippen LogP contribution in [0.3, 0.4) is 0 Å². The number of methoxy groups -OCH3 is 1.